The maximum atomic E-state index is 9.04. The highest BCUT2D eigenvalue weighted by molar-refractivity contribution is 14.1. The van der Waals surface area contributed by atoms with E-state index in [-0.39, 0.29) is 0 Å². The SMILES string of the molecule is IC1=NCc2ncccc21.Ic1nn(Cc2cncnc2)c2ncccc12.N#Cc1nn(Cc2cncnc2)c2ncccc12. The maximum absolute atomic E-state index is 9.04. The van der Waals surface area contributed by atoms with Crippen molar-refractivity contribution in [1.82, 2.24) is 54.4 Å². The lowest BCUT2D eigenvalue weighted by Crippen LogP contribution is -2.03. The van der Waals surface area contributed by atoms with Crippen LogP contribution in [0.5, 0.6) is 0 Å². The van der Waals surface area contributed by atoms with Crippen LogP contribution in [-0.4, -0.2) is 58.2 Å². The Bertz CT molecular complexity index is 2140. The number of hydrogen-bond acceptors (Lipinski definition) is 11. The van der Waals surface area contributed by atoms with Crippen molar-refractivity contribution in [1.29, 1.82) is 5.26 Å². The Labute approximate surface area is 283 Å². The van der Waals surface area contributed by atoms with Crippen LogP contribution in [-0.2, 0) is 19.6 Å². The van der Waals surface area contributed by atoms with Crippen LogP contribution in [0, 0.1) is 15.0 Å². The molecule has 0 fully saturated rings. The van der Waals surface area contributed by atoms with E-state index >= 15 is 0 Å². The van der Waals surface area contributed by atoms with E-state index in [0.29, 0.717) is 24.4 Å². The van der Waals surface area contributed by atoms with Gasteiger partial charge in [0.1, 0.15) is 26.1 Å². The zero-order valence-electron chi connectivity index (χ0n) is 23.4. The number of nitriles is 1. The van der Waals surface area contributed by atoms with Crippen LogP contribution in [0.3, 0.4) is 0 Å². The van der Waals surface area contributed by atoms with Gasteiger partial charge in [-0.15, -0.1) is 0 Å². The van der Waals surface area contributed by atoms with Crippen LogP contribution in [0.25, 0.3) is 22.1 Å². The predicted molar refractivity (Wildman–Crippen MR) is 183 cm³/mol. The lowest BCUT2D eigenvalue weighted by molar-refractivity contribution is 0.693. The quantitative estimate of drug-likeness (QED) is 0.226. The number of pyridine rings is 3. The number of nitrogens with zero attached hydrogens (tertiary/aromatic N) is 13. The fraction of sp³-hybridized carbons (Fsp3) is 0.100. The largest absolute Gasteiger partial charge is 0.272 e. The van der Waals surface area contributed by atoms with Crippen LogP contribution >= 0.6 is 45.2 Å². The first-order valence-corrected chi connectivity index (χ1v) is 15.6. The van der Waals surface area contributed by atoms with E-state index in [1.807, 2.05) is 35.1 Å². The molecule has 0 bridgehead atoms. The summed E-state index contributed by atoms with van der Waals surface area (Å²) in [5.74, 6) is 0. The van der Waals surface area contributed by atoms with Crippen LogP contribution in [0.15, 0.2) is 97.4 Å². The number of aromatic nitrogens is 11. The highest BCUT2D eigenvalue weighted by atomic mass is 127. The van der Waals surface area contributed by atoms with Gasteiger partial charge in [0.15, 0.2) is 17.0 Å². The summed E-state index contributed by atoms with van der Waals surface area (Å²) in [5.41, 5.74) is 6.19. The summed E-state index contributed by atoms with van der Waals surface area (Å²) in [6, 6.07) is 13.6. The first-order valence-electron chi connectivity index (χ1n) is 13.4. The summed E-state index contributed by atoms with van der Waals surface area (Å²) in [7, 11) is 0. The number of hydrogen-bond donors (Lipinski definition) is 0. The minimum atomic E-state index is 0.384. The molecule has 0 aliphatic carbocycles. The van der Waals surface area contributed by atoms with Gasteiger partial charge in [-0.3, -0.25) is 9.98 Å². The highest BCUT2D eigenvalue weighted by Gasteiger charge is 2.13. The number of fused-ring (bicyclic) bond motifs is 3. The molecule has 0 N–H and O–H groups in total. The van der Waals surface area contributed by atoms with E-state index < -0.39 is 0 Å². The molecule has 0 aromatic carbocycles. The zero-order chi connectivity index (χ0) is 31.0. The van der Waals surface area contributed by atoms with Crippen molar-refractivity contribution in [2.75, 3.05) is 0 Å². The molecule has 0 saturated carbocycles. The summed E-state index contributed by atoms with van der Waals surface area (Å²) in [5, 5.41) is 19.6. The van der Waals surface area contributed by atoms with Gasteiger partial charge in [-0.1, -0.05) is 0 Å². The number of aliphatic imine (C=N–C) groups is 1. The van der Waals surface area contributed by atoms with E-state index in [1.54, 1.807) is 47.9 Å². The molecule has 0 atom stereocenters. The second-order valence-electron chi connectivity index (χ2n) is 9.41. The predicted octanol–water partition coefficient (Wildman–Crippen LogP) is 4.79. The van der Waals surface area contributed by atoms with E-state index in [0.717, 1.165) is 47.2 Å². The molecule has 7 aromatic heterocycles. The Kier molecular flexibility index (Phi) is 9.60. The Morgan fingerprint density at radius 2 is 1.27 bits per heavy atom. The molecule has 0 amide bonds. The average Bonchev–Trinajstić information content (AvgIpc) is 3.76. The third-order valence-corrected chi connectivity index (χ3v) is 8.17. The topological polar surface area (TPSA) is 162 Å². The zero-order valence-corrected chi connectivity index (χ0v) is 27.7. The van der Waals surface area contributed by atoms with Crippen molar-refractivity contribution in [3.05, 3.63) is 124 Å². The van der Waals surface area contributed by atoms with Gasteiger partial charge in [-0.25, -0.2) is 39.3 Å². The molecule has 0 radical (unpaired) electrons. The molecule has 1 aliphatic rings. The summed E-state index contributed by atoms with van der Waals surface area (Å²) in [6.45, 7) is 1.89. The Hall–Kier alpha value is -4.83. The van der Waals surface area contributed by atoms with Gasteiger partial charge in [0.2, 0.25) is 0 Å². The van der Waals surface area contributed by atoms with E-state index in [4.69, 9.17) is 5.26 Å². The molecule has 8 heterocycles. The van der Waals surface area contributed by atoms with Gasteiger partial charge < -0.3 is 0 Å². The van der Waals surface area contributed by atoms with Crippen molar-refractivity contribution in [2.45, 2.75) is 19.6 Å². The third kappa shape index (κ3) is 7.12. The molecular weight excluding hydrogens is 796 g/mol. The molecule has 0 unspecified atom stereocenters. The van der Waals surface area contributed by atoms with Crippen LogP contribution in [0.1, 0.15) is 28.1 Å². The molecule has 7 aromatic rings. The van der Waals surface area contributed by atoms with Crippen molar-refractivity contribution in [2.24, 2.45) is 4.99 Å². The molecule has 8 rings (SSSR count). The Morgan fingerprint density at radius 1 is 0.711 bits per heavy atom. The van der Waals surface area contributed by atoms with E-state index in [2.05, 4.69) is 107 Å². The van der Waals surface area contributed by atoms with Crippen molar-refractivity contribution >= 4 is 71.0 Å². The van der Waals surface area contributed by atoms with Crippen molar-refractivity contribution in [3.63, 3.8) is 0 Å². The van der Waals surface area contributed by atoms with Gasteiger partial charge >= 0.3 is 0 Å². The molecule has 15 heteroatoms. The molecule has 220 valence electrons. The average molecular weight is 817 g/mol. The van der Waals surface area contributed by atoms with Crippen LogP contribution in [0.4, 0.5) is 0 Å². The van der Waals surface area contributed by atoms with Crippen LogP contribution in [0.2, 0.25) is 0 Å². The lowest BCUT2D eigenvalue weighted by Gasteiger charge is -2.01. The van der Waals surface area contributed by atoms with Gasteiger partial charge in [-0.05, 0) is 81.6 Å². The molecule has 0 spiro atoms. The smallest absolute Gasteiger partial charge is 0.172 e. The van der Waals surface area contributed by atoms with Gasteiger partial charge in [-0.2, -0.15) is 15.5 Å². The first-order chi connectivity index (χ1) is 22.1. The normalized spacial score (nSPS) is 11.5. The summed E-state index contributed by atoms with van der Waals surface area (Å²) < 4.78 is 5.60. The lowest BCUT2D eigenvalue weighted by atomic mass is 10.2. The minimum Gasteiger partial charge on any atom is -0.272 e. The number of halogens is 2. The minimum absolute atomic E-state index is 0.384. The van der Waals surface area contributed by atoms with E-state index in [9.17, 15) is 0 Å². The molecule has 1 aliphatic heterocycles. The Balaban J connectivity index is 0.000000124. The molecule has 0 saturated heterocycles. The van der Waals surface area contributed by atoms with Crippen LogP contribution < -0.4 is 0 Å². The summed E-state index contributed by atoms with van der Waals surface area (Å²) >= 11 is 4.45. The first kappa shape index (κ1) is 30.2. The third-order valence-electron chi connectivity index (χ3n) is 6.45. The van der Waals surface area contributed by atoms with Gasteiger partial charge in [0.25, 0.3) is 0 Å². The second-order valence-corrected chi connectivity index (χ2v) is 11.5. The summed E-state index contributed by atoms with van der Waals surface area (Å²) in [4.78, 5) is 32.9. The van der Waals surface area contributed by atoms with Crippen molar-refractivity contribution in [3.8, 4) is 6.07 Å². The highest BCUT2D eigenvalue weighted by Crippen LogP contribution is 2.20. The second kappa shape index (κ2) is 14.3. The standard InChI is InChI=1S/C12H8N6.C11H8IN5.C7H5IN2/c13-4-11-10-2-1-3-16-12(10)18(17-11)7-9-5-14-8-15-6-9;12-10-9-2-1-3-15-11(9)17(16-10)6-8-4-13-7-14-5-8;8-7-5-2-1-3-9-6(5)4-10-7/h1-3,5-6,8H,7H2;1-5,7H,6H2;1-3H,4H2. The molecule has 13 nitrogen and oxygen atoms in total. The fourth-order valence-electron chi connectivity index (χ4n) is 4.43. The van der Waals surface area contributed by atoms with Gasteiger partial charge in [0.05, 0.1) is 36.1 Å². The number of rotatable bonds is 4. The van der Waals surface area contributed by atoms with Gasteiger partial charge in [0, 0.05) is 60.1 Å². The summed E-state index contributed by atoms with van der Waals surface area (Å²) in [6.07, 6.45) is 15.3. The fourth-order valence-corrected chi connectivity index (χ4v) is 5.78. The monoisotopic (exact) mass is 817 g/mol. The van der Waals surface area contributed by atoms with E-state index in [1.165, 1.54) is 18.2 Å². The maximum Gasteiger partial charge on any atom is 0.172 e. The molecule has 45 heavy (non-hydrogen) atoms. The van der Waals surface area contributed by atoms with Crippen molar-refractivity contribution < 1.29 is 0 Å². The Morgan fingerprint density at radius 3 is 1.89 bits per heavy atom. The molecular formula is C30H21I2N13.